The Morgan fingerprint density at radius 3 is 2.67 bits per heavy atom. The molecule has 0 aliphatic rings. The number of hydrogen-bond donors (Lipinski definition) is 2. The van der Waals surface area contributed by atoms with Crippen LogP contribution in [0, 0.1) is 0 Å². The lowest BCUT2D eigenvalue weighted by atomic mass is 10.4. The van der Waals surface area contributed by atoms with Crippen molar-refractivity contribution < 1.29 is 0 Å². The summed E-state index contributed by atoms with van der Waals surface area (Å²) in [5.41, 5.74) is 6.05. The fourth-order valence-electron chi connectivity index (χ4n) is 1.12. The van der Waals surface area contributed by atoms with Crippen LogP contribution in [0.25, 0.3) is 0 Å². The summed E-state index contributed by atoms with van der Waals surface area (Å²) in [5, 5.41) is 6.09. The van der Waals surface area contributed by atoms with Gasteiger partial charge in [-0.25, -0.2) is 15.0 Å². The van der Waals surface area contributed by atoms with E-state index >= 15 is 0 Å². The number of anilines is 2. The molecule has 2 rings (SSSR count). The van der Waals surface area contributed by atoms with Crippen molar-refractivity contribution in [1.82, 2.24) is 15.0 Å². The van der Waals surface area contributed by atoms with Crippen molar-refractivity contribution in [1.29, 1.82) is 0 Å². The molecule has 2 aromatic heterocycles. The second kappa shape index (κ2) is 4.22. The van der Waals surface area contributed by atoms with Crippen LogP contribution in [0.2, 0.25) is 0 Å². The third kappa shape index (κ3) is 2.41. The van der Waals surface area contributed by atoms with E-state index < -0.39 is 0 Å². The Hall–Kier alpha value is -1.69. The minimum absolute atomic E-state index is 0.105. The van der Waals surface area contributed by atoms with Gasteiger partial charge in [-0.2, -0.15) is 0 Å². The average molecular weight is 221 g/mol. The molecule has 5 nitrogen and oxygen atoms in total. The molecule has 78 valence electrons. The smallest absolute Gasteiger partial charge is 0.223 e. The lowest BCUT2D eigenvalue weighted by Crippen LogP contribution is -2.09. The second-order valence-electron chi connectivity index (χ2n) is 3.08. The summed E-state index contributed by atoms with van der Waals surface area (Å²) in [5.74, 6) is 0.562. The Kier molecular flexibility index (Phi) is 2.77. The highest BCUT2D eigenvalue weighted by Crippen LogP contribution is 2.18. The normalized spacial score (nSPS) is 12.3. The lowest BCUT2D eigenvalue weighted by molar-refractivity contribution is 0.848. The molecule has 0 saturated heterocycles. The first-order valence-electron chi connectivity index (χ1n) is 4.49. The van der Waals surface area contributed by atoms with Crippen LogP contribution in [0.5, 0.6) is 0 Å². The van der Waals surface area contributed by atoms with E-state index in [0.717, 1.165) is 5.01 Å². The first kappa shape index (κ1) is 9.85. The number of hydrogen-bond acceptors (Lipinski definition) is 6. The van der Waals surface area contributed by atoms with E-state index in [1.54, 1.807) is 29.9 Å². The molecule has 6 heteroatoms. The average Bonchev–Trinajstić information content (AvgIpc) is 2.74. The molecule has 0 fully saturated rings. The monoisotopic (exact) mass is 221 g/mol. The number of nitrogens with one attached hydrogen (secondary N) is 1. The molecule has 0 aliphatic heterocycles. The first-order valence-corrected chi connectivity index (χ1v) is 5.37. The van der Waals surface area contributed by atoms with Crippen molar-refractivity contribution in [2.75, 3.05) is 11.1 Å². The first-order chi connectivity index (χ1) is 7.25. The van der Waals surface area contributed by atoms with E-state index in [9.17, 15) is 0 Å². The summed E-state index contributed by atoms with van der Waals surface area (Å²) < 4.78 is 0. The molecule has 1 unspecified atom stereocenters. The van der Waals surface area contributed by atoms with Crippen LogP contribution in [-0.4, -0.2) is 15.0 Å². The fraction of sp³-hybridized carbons (Fsp3) is 0.222. The van der Waals surface area contributed by atoms with Gasteiger partial charge in [0.1, 0.15) is 5.01 Å². The Balaban J connectivity index is 2.06. The minimum Gasteiger partial charge on any atom is -0.396 e. The molecular weight excluding hydrogens is 210 g/mol. The molecule has 15 heavy (non-hydrogen) atoms. The van der Waals surface area contributed by atoms with Crippen LogP contribution in [-0.2, 0) is 0 Å². The molecule has 1 atom stereocenters. The van der Waals surface area contributed by atoms with E-state index in [4.69, 9.17) is 5.73 Å². The van der Waals surface area contributed by atoms with E-state index in [2.05, 4.69) is 20.3 Å². The van der Waals surface area contributed by atoms with Crippen LogP contribution in [0.1, 0.15) is 18.0 Å². The topological polar surface area (TPSA) is 76.7 Å². The predicted octanol–water partition coefficient (Wildman–Crippen LogP) is 1.69. The zero-order chi connectivity index (χ0) is 10.7. The maximum Gasteiger partial charge on any atom is 0.223 e. The maximum absolute atomic E-state index is 5.49. The standard InChI is InChI=1S/C9H11N5S/c1-6(8-11-2-3-15-8)14-9-12-4-7(10)5-13-9/h2-6H,10H2,1H3,(H,12,13,14). The number of rotatable bonds is 3. The van der Waals surface area contributed by atoms with Crippen LogP contribution < -0.4 is 11.1 Å². The Bertz CT molecular complexity index is 411. The van der Waals surface area contributed by atoms with E-state index in [1.165, 1.54) is 0 Å². The summed E-state index contributed by atoms with van der Waals surface area (Å²) in [6.07, 6.45) is 4.93. The summed E-state index contributed by atoms with van der Waals surface area (Å²) in [7, 11) is 0. The molecular formula is C9H11N5S. The van der Waals surface area contributed by atoms with Gasteiger partial charge in [-0.05, 0) is 6.92 Å². The summed E-state index contributed by atoms with van der Waals surface area (Å²) >= 11 is 1.60. The summed E-state index contributed by atoms with van der Waals surface area (Å²) in [4.78, 5) is 12.3. The van der Waals surface area contributed by atoms with Gasteiger partial charge in [0.05, 0.1) is 24.1 Å². The minimum atomic E-state index is 0.105. The van der Waals surface area contributed by atoms with Crippen molar-refractivity contribution in [3.63, 3.8) is 0 Å². The zero-order valence-electron chi connectivity index (χ0n) is 8.21. The van der Waals surface area contributed by atoms with Gasteiger partial charge >= 0.3 is 0 Å². The van der Waals surface area contributed by atoms with Gasteiger partial charge in [-0.15, -0.1) is 11.3 Å². The molecule has 0 saturated carbocycles. The second-order valence-corrected chi connectivity index (χ2v) is 4.00. The van der Waals surface area contributed by atoms with E-state index in [-0.39, 0.29) is 6.04 Å². The quantitative estimate of drug-likeness (QED) is 0.824. The highest BCUT2D eigenvalue weighted by atomic mass is 32.1. The fourth-order valence-corrected chi connectivity index (χ4v) is 1.76. The van der Waals surface area contributed by atoms with Crippen molar-refractivity contribution in [3.8, 4) is 0 Å². The van der Waals surface area contributed by atoms with Crippen LogP contribution >= 0.6 is 11.3 Å². The molecule has 0 spiro atoms. The van der Waals surface area contributed by atoms with Gasteiger partial charge in [0, 0.05) is 11.6 Å². The molecule has 0 bridgehead atoms. The van der Waals surface area contributed by atoms with Gasteiger partial charge in [0.25, 0.3) is 0 Å². The lowest BCUT2D eigenvalue weighted by Gasteiger charge is -2.10. The molecule has 0 aliphatic carbocycles. The molecule has 2 heterocycles. The van der Waals surface area contributed by atoms with Crippen LogP contribution in [0.15, 0.2) is 24.0 Å². The summed E-state index contributed by atoms with van der Waals surface area (Å²) in [6.45, 7) is 2.01. The number of nitrogens with two attached hydrogens (primary N) is 1. The van der Waals surface area contributed by atoms with Gasteiger partial charge < -0.3 is 11.1 Å². The SMILES string of the molecule is CC(Nc1ncc(N)cn1)c1nccs1. The third-order valence-electron chi connectivity index (χ3n) is 1.84. The van der Waals surface area contributed by atoms with Gasteiger partial charge in [-0.1, -0.05) is 0 Å². The Morgan fingerprint density at radius 2 is 2.07 bits per heavy atom. The van der Waals surface area contributed by atoms with Gasteiger partial charge in [0.2, 0.25) is 5.95 Å². The van der Waals surface area contributed by atoms with Crippen LogP contribution in [0.4, 0.5) is 11.6 Å². The van der Waals surface area contributed by atoms with Crippen molar-refractivity contribution in [3.05, 3.63) is 29.0 Å². The maximum atomic E-state index is 5.49. The molecule has 3 N–H and O–H groups in total. The predicted molar refractivity (Wildman–Crippen MR) is 60.6 cm³/mol. The molecule has 2 aromatic rings. The van der Waals surface area contributed by atoms with Crippen LogP contribution in [0.3, 0.4) is 0 Å². The Labute approximate surface area is 91.4 Å². The number of thiazole rings is 1. The van der Waals surface area contributed by atoms with Crippen molar-refractivity contribution in [2.45, 2.75) is 13.0 Å². The molecule has 0 radical (unpaired) electrons. The van der Waals surface area contributed by atoms with Crippen molar-refractivity contribution in [2.24, 2.45) is 0 Å². The number of nitrogen functional groups attached to an aromatic ring is 1. The van der Waals surface area contributed by atoms with E-state index in [1.807, 2.05) is 12.3 Å². The number of aromatic nitrogens is 3. The van der Waals surface area contributed by atoms with Crippen molar-refractivity contribution >= 4 is 23.0 Å². The van der Waals surface area contributed by atoms with Gasteiger partial charge in [-0.3, -0.25) is 0 Å². The van der Waals surface area contributed by atoms with E-state index in [0.29, 0.717) is 11.6 Å². The number of nitrogens with zero attached hydrogens (tertiary/aromatic N) is 3. The zero-order valence-corrected chi connectivity index (χ0v) is 9.03. The molecule has 0 aromatic carbocycles. The highest BCUT2D eigenvalue weighted by molar-refractivity contribution is 7.09. The van der Waals surface area contributed by atoms with Gasteiger partial charge in [0.15, 0.2) is 0 Å². The molecule has 0 amide bonds. The third-order valence-corrected chi connectivity index (χ3v) is 2.80. The Morgan fingerprint density at radius 1 is 1.33 bits per heavy atom. The summed E-state index contributed by atoms with van der Waals surface area (Å²) in [6, 6.07) is 0.105. The largest absolute Gasteiger partial charge is 0.396 e. The highest BCUT2D eigenvalue weighted by Gasteiger charge is 2.08.